The third-order valence-corrected chi connectivity index (χ3v) is 2.25. The largest absolute Gasteiger partial charge is 0.370 e. The molecule has 4 nitrogen and oxygen atoms in total. The lowest BCUT2D eigenvalue weighted by molar-refractivity contribution is 0.0946. The lowest BCUT2D eigenvalue weighted by atomic mass is 10.3. The van der Waals surface area contributed by atoms with Gasteiger partial charge in [0.25, 0.3) is 5.91 Å². The van der Waals surface area contributed by atoms with Crippen LogP contribution in [0, 0.1) is 0 Å². The van der Waals surface area contributed by atoms with E-state index in [0.29, 0.717) is 11.7 Å². The van der Waals surface area contributed by atoms with Crippen molar-refractivity contribution in [1.29, 1.82) is 0 Å². The Kier molecular flexibility index (Phi) is 2.85. The number of hydrogen-bond acceptors (Lipinski definition) is 3. The van der Waals surface area contributed by atoms with Crippen molar-refractivity contribution in [3.05, 3.63) is 23.9 Å². The molecule has 2 N–H and O–H groups in total. The number of hydrogen-bond donors (Lipinski definition) is 2. The summed E-state index contributed by atoms with van der Waals surface area (Å²) in [6, 6.07) is 5.81. The average molecular weight is 205 g/mol. The summed E-state index contributed by atoms with van der Waals surface area (Å²) in [5.41, 5.74) is 0.486. The summed E-state index contributed by atoms with van der Waals surface area (Å²) in [5.74, 6) is 0.679. The van der Waals surface area contributed by atoms with Crippen LogP contribution in [0.5, 0.6) is 0 Å². The van der Waals surface area contributed by atoms with E-state index in [0.717, 1.165) is 25.2 Å². The first kappa shape index (κ1) is 9.96. The van der Waals surface area contributed by atoms with Gasteiger partial charge in [-0.05, 0) is 31.9 Å². The van der Waals surface area contributed by atoms with Crippen molar-refractivity contribution >= 4 is 11.7 Å². The van der Waals surface area contributed by atoms with Crippen molar-refractivity contribution in [3.63, 3.8) is 0 Å². The second-order valence-corrected chi connectivity index (χ2v) is 3.69. The van der Waals surface area contributed by atoms with Crippen LogP contribution in [-0.2, 0) is 0 Å². The number of amides is 1. The van der Waals surface area contributed by atoms with Gasteiger partial charge in [0.1, 0.15) is 11.5 Å². The third kappa shape index (κ3) is 2.68. The van der Waals surface area contributed by atoms with Gasteiger partial charge in [-0.2, -0.15) is 0 Å². The standard InChI is InChI=1S/C11H15N3O/c1-2-12-10-5-3-4-9(14-10)11(15)13-8-6-7-8/h3-5,8H,2,6-7H2,1H3,(H,12,14)(H,13,15). The Hall–Kier alpha value is -1.58. The average Bonchev–Trinajstić information content (AvgIpc) is 3.03. The molecule has 80 valence electrons. The number of carbonyl (C=O) groups is 1. The van der Waals surface area contributed by atoms with Gasteiger partial charge in [-0.3, -0.25) is 4.79 Å². The summed E-state index contributed by atoms with van der Waals surface area (Å²) in [7, 11) is 0. The molecule has 1 aliphatic carbocycles. The van der Waals surface area contributed by atoms with Gasteiger partial charge in [0, 0.05) is 12.6 Å². The SMILES string of the molecule is CCNc1cccc(C(=O)NC2CC2)n1. The van der Waals surface area contributed by atoms with Crippen LogP contribution in [0.2, 0.25) is 0 Å². The molecule has 0 spiro atoms. The highest BCUT2D eigenvalue weighted by molar-refractivity contribution is 5.93. The molecular formula is C11H15N3O. The van der Waals surface area contributed by atoms with Crippen LogP contribution in [-0.4, -0.2) is 23.5 Å². The fraction of sp³-hybridized carbons (Fsp3) is 0.455. The summed E-state index contributed by atoms with van der Waals surface area (Å²) in [6.45, 7) is 2.80. The van der Waals surface area contributed by atoms with Crippen molar-refractivity contribution < 1.29 is 4.79 Å². The van der Waals surface area contributed by atoms with Gasteiger partial charge in [0.05, 0.1) is 0 Å². The first-order chi connectivity index (χ1) is 7.29. The molecule has 0 aromatic carbocycles. The molecule has 0 radical (unpaired) electrons. The first-order valence-corrected chi connectivity index (χ1v) is 5.31. The molecular weight excluding hydrogens is 190 g/mol. The van der Waals surface area contributed by atoms with Crippen molar-refractivity contribution in [2.75, 3.05) is 11.9 Å². The predicted molar refractivity (Wildman–Crippen MR) is 58.9 cm³/mol. The lowest BCUT2D eigenvalue weighted by Gasteiger charge is -2.05. The van der Waals surface area contributed by atoms with Crippen LogP contribution < -0.4 is 10.6 Å². The maximum atomic E-state index is 11.7. The summed E-state index contributed by atoms with van der Waals surface area (Å²) in [4.78, 5) is 15.9. The number of rotatable bonds is 4. The zero-order valence-electron chi connectivity index (χ0n) is 8.79. The minimum absolute atomic E-state index is 0.0720. The smallest absolute Gasteiger partial charge is 0.270 e. The Balaban J connectivity index is 2.05. The molecule has 2 rings (SSSR count). The number of anilines is 1. The topological polar surface area (TPSA) is 54.0 Å². The Bertz CT molecular complexity index is 361. The lowest BCUT2D eigenvalue weighted by Crippen LogP contribution is -2.26. The van der Waals surface area contributed by atoms with E-state index in [2.05, 4.69) is 15.6 Å². The highest BCUT2D eigenvalue weighted by atomic mass is 16.2. The molecule has 0 saturated heterocycles. The highest BCUT2D eigenvalue weighted by Gasteiger charge is 2.24. The second-order valence-electron chi connectivity index (χ2n) is 3.69. The van der Waals surface area contributed by atoms with Crippen LogP contribution in [0.25, 0.3) is 0 Å². The molecule has 4 heteroatoms. The summed E-state index contributed by atoms with van der Waals surface area (Å²) in [5, 5.41) is 5.99. The number of nitrogens with zero attached hydrogens (tertiary/aromatic N) is 1. The van der Waals surface area contributed by atoms with E-state index < -0.39 is 0 Å². The fourth-order valence-electron chi connectivity index (χ4n) is 1.33. The number of aromatic nitrogens is 1. The zero-order chi connectivity index (χ0) is 10.7. The quantitative estimate of drug-likeness (QED) is 0.781. The van der Waals surface area contributed by atoms with E-state index >= 15 is 0 Å². The minimum Gasteiger partial charge on any atom is -0.370 e. The maximum absolute atomic E-state index is 11.7. The van der Waals surface area contributed by atoms with Crippen molar-refractivity contribution in [1.82, 2.24) is 10.3 Å². The molecule has 1 heterocycles. The normalized spacial score (nSPS) is 14.7. The molecule has 15 heavy (non-hydrogen) atoms. The van der Waals surface area contributed by atoms with E-state index in [1.54, 1.807) is 6.07 Å². The van der Waals surface area contributed by atoms with Crippen molar-refractivity contribution in [2.24, 2.45) is 0 Å². The molecule has 1 fully saturated rings. The Morgan fingerprint density at radius 2 is 2.33 bits per heavy atom. The van der Waals surface area contributed by atoms with Gasteiger partial charge >= 0.3 is 0 Å². The van der Waals surface area contributed by atoms with Crippen molar-refractivity contribution in [3.8, 4) is 0 Å². The molecule has 0 atom stereocenters. The summed E-state index contributed by atoms with van der Waals surface area (Å²) in [6.07, 6.45) is 2.19. The van der Waals surface area contributed by atoms with Crippen LogP contribution in [0.1, 0.15) is 30.3 Å². The van der Waals surface area contributed by atoms with E-state index in [1.165, 1.54) is 0 Å². The molecule has 0 unspecified atom stereocenters. The molecule has 0 bridgehead atoms. The van der Waals surface area contributed by atoms with E-state index in [1.807, 2.05) is 19.1 Å². The van der Waals surface area contributed by atoms with Crippen LogP contribution in [0.3, 0.4) is 0 Å². The van der Waals surface area contributed by atoms with Gasteiger partial charge in [-0.25, -0.2) is 4.98 Å². The van der Waals surface area contributed by atoms with Gasteiger partial charge in [-0.15, -0.1) is 0 Å². The molecule has 1 aromatic heterocycles. The molecule has 1 aromatic rings. The number of pyridine rings is 1. The molecule has 1 amide bonds. The second kappa shape index (κ2) is 4.29. The summed E-state index contributed by atoms with van der Waals surface area (Å²) >= 11 is 0. The molecule has 1 saturated carbocycles. The van der Waals surface area contributed by atoms with Gasteiger partial charge in [0.15, 0.2) is 0 Å². The molecule has 1 aliphatic rings. The van der Waals surface area contributed by atoms with Gasteiger partial charge in [-0.1, -0.05) is 6.07 Å². The monoisotopic (exact) mass is 205 g/mol. The van der Waals surface area contributed by atoms with E-state index in [4.69, 9.17) is 0 Å². The van der Waals surface area contributed by atoms with E-state index in [9.17, 15) is 4.79 Å². The van der Waals surface area contributed by atoms with Crippen LogP contribution in [0.4, 0.5) is 5.82 Å². The highest BCUT2D eigenvalue weighted by Crippen LogP contribution is 2.19. The maximum Gasteiger partial charge on any atom is 0.270 e. The predicted octanol–water partition coefficient (Wildman–Crippen LogP) is 1.41. The van der Waals surface area contributed by atoms with Gasteiger partial charge < -0.3 is 10.6 Å². The van der Waals surface area contributed by atoms with E-state index in [-0.39, 0.29) is 5.91 Å². The Labute approximate surface area is 89.1 Å². The molecule has 0 aliphatic heterocycles. The van der Waals surface area contributed by atoms with Gasteiger partial charge in [0.2, 0.25) is 0 Å². The zero-order valence-corrected chi connectivity index (χ0v) is 8.79. The number of nitrogens with one attached hydrogen (secondary N) is 2. The Morgan fingerprint density at radius 1 is 1.53 bits per heavy atom. The fourth-order valence-corrected chi connectivity index (χ4v) is 1.33. The van der Waals surface area contributed by atoms with Crippen LogP contribution in [0.15, 0.2) is 18.2 Å². The summed E-state index contributed by atoms with van der Waals surface area (Å²) < 4.78 is 0. The first-order valence-electron chi connectivity index (χ1n) is 5.31. The van der Waals surface area contributed by atoms with Crippen molar-refractivity contribution in [2.45, 2.75) is 25.8 Å². The Morgan fingerprint density at radius 3 is 3.00 bits per heavy atom. The third-order valence-electron chi connectivity index (χ3n) is 2.25. The van der Waals surface area contributed by atoms with Crippen LogP contribution >= 0.6 is 0 Å². The minimum atomic E-state index is -0.0720. The number of carbonyl (C=O) groups excluding carboxylic acids is 1.